The maximum Gasteiger partial charge on any atom is 0.228 e. The van der Waals surface area contributed by atoms with E-state index in [1.54, 1.807) is 4.52 Å². The van der Waals surface area contributed by atoms with E-state index in [2.05, 4.69) is 15.4 Å². The first-order valence-corrected chi connectivity index (χ1v) is 8.40. The van der Waals surface area contributed by atoms with Crippen LogP contribution < -0.4 is 5.32 Å². The van der Waals surface area contributed by atoms with Crippen LogP contribution >= 0.6 is 0 Å². The Balaban J connectivity index is 1.53. The van der Waals surface area contributed by atoms with Gasteiger partial charge < -0.3 is 5.32 Å². The highest BCUT2D eigenvalue weighted by Gasteiger charge is 2.24. The zero-order valence-corrected chi connectivity index (χ0v) is 13.7. The SMILES string of the molecule is Cc1ccc(CC(=O)Nc2cccn3nc(C4CCC4)nc23)cc1. The van der Waals surface area contributed by atoms with Crippen LogP contribution in [0.3, 0.4) is 0 Å². The summed E-state index contributed by atoms with van der Waals surface area (Å²) in [5, 5.41) is 7.52. The first-order valence-electron chi connectivity index (χ1n) is 8.40. The van der Waals surface area contributed by atoms with Crippen molar-refractivity contribution in [1.29, 1.82) is 0 Å². The molecule has 0 atom stereocenters. The van der Waals surface area contributed by atoms with Gasteiger partial charge in [0.2, 0.25) is 5.91 Å². The van der Waals surface area contributed by atoms with E-state index in [-0.39, 0.29) is 5.91 Å². The molecule has 1 fully saturated rings. The van der Waals surface area contributed by atoms with Crippen LogP contribution in [0.1, 0.15) is 42.1 Å². The zero-order chi connectivity index (χ0) is 16.5. The van der Waals surface area contributed by atoms with Crippen LogP contribution in [0.2, 0.25) is 0 Å². The van der Waals surface area contributed by atoms with E-state index in [0.717, 1.165) is 29.9 Å². The molecule has 0 saturated heterocycles. The van der Waals surface area contributed by atoms with Crippen molar-refractivity contribution in [2.24, 2.45) is 0 Å². The summed E-state index contributed by atoms with van der Waals surface area (Å²) in [6.45, 7) is 2.04. The Kier molecular flexibility index (Phi) is 3.76. The molecule has 5 nitrogen and oxygen atoms in total. The molecule has 0 radical (unpaired) electrons. The number of fused-ring (bicyclic) bond motifs is 1. The van der Waals surface area contributed by atoms with Crippen LogP contribution in [0.4, 0.5) is 5.69 Å². The van der Waals surface area contributed by atoms with E-state index in [1.165, 1.54) is 12.0 Å². The molecule has 1 aromatic carbocycles. The van der Waals surface area contributed by atoms with Crippen molar-refractivity contribution < 1.29 is 4.79 Å². The second-order valence-corrected chi connectivity index (χ2v) is 6.50. The number of anilines is 1. The number of rotatable bonds is 4. The zero-order valence-electron chi connectivity index (χ0n) is 13.7. The molecular formula is C19H20N4O. The van der Waals surface area contributed by atoms with Crippen LogP contribution in [-0.4, -0.2) is 20.5 Å². The number of amides is 1. The minimum atomic E-state index is -0.0415. The second kappa shape index (κ2) is 6.07. The Labute approximate surface area is 140 Å². The number of pyridine rings is 1. The highest BCUT2D eigenvalue weighted by atomic mass is 16.1. The summed E-state index contributed by atoms with van der Waals surface area (Å²) < 4.78 is 1.76. The Morgan fingerprint density at radius 2 is 2.04 bits per heavy atom. The molecule has 2 aromatic heterocycles. The highest BCUT2D eigenvalue weighted by molar-refractivity contribution is 5.95. The molecule has 1 saturated carbocycles. The molecule has 1 aliphatic rings. The molecule has 0 unspecified atom stereocenters. The van der Waals surface area contributed by atoms with Gasteiger partial charge in [-0.2, -0.15) is 5.10 Å². The Bertz CT molecular complexity index is 878. The van der Waals surface area contributed by atoms with Gasteiger partial charge in [0.25, 0.3) is 0 Å². The topological polar surface area (TPSA) is 59.3 Å². The molecule has 0 bridgehead atoms. The second-order valence-electron chi connectivity index (χ2n) is 6.50. The first-order chi connectivity index (χ1) is 11.7. The number of nitrogens with one attached hydrogen (secondary N) is 1. The molecule has 24 heavy (non-hydrogen) atoms. The van der Waals surface area contributed by atoms with Gasteiger partial charge in [-0.05, 0) is 37.5 Å². The summed E-state index contributed by atoms with van der Waals surface area (Å²) in [6, 6.07) is 11.8. The number of aryl methyl sites for hydroxylation is 1. The molecule has 3 aromatic rings. The van der Waals surface area contributed by atoms with E-state index in [4.69, 9.17) is 0 Å². The lowest BCUT2D eigenvalue weighted by Gasteiger charge is -2.21. The number of aromatic nitrogens is 3. The molecule has 0 spiro atoms. The summed E-state index contributed by atoms with van der Waals surface area (Å²) in [5.41, 5.74) is 3.63. The third-order valence-electron chi connectivity index (χ3n) is 4.61. The minimum Gasteiger partial charge on any atom is -0.323 e. The average molecular weight is 320 g/mol. The smallest absolute Gasteiger partial charge is 0.228 e. The summed E-state index contributed by atoms with van der Waals surface area (Å²) in [6.07, 6.45) is 5.80. The van der Waals surface area contributed by atoms with Gasteiger partial charge in [0, 0.05) is 12.1 Å². The first kappa shape index (κ1) is 14.9. The van der Waals surface area contributed by atoms with Gasteiger partial charge in [-0.3, -0.25) is 4.79 Å². The van der Waals surface area contributed by atoms with E-state index in [1.807, 2.05) is 49.5 Å². The van der Waals surface area contributed by atoms with Crippen molar-refractivity contribution in [3.8, 4) is 0 Å². The van der Waals surface area contributed by atoms with Gasteiger partial charge in [-0.15, -0.1) is 0 Å². The van der Waals surface area contributed by atoms with E-state index < -0.39 is 0 Å². The van der Waals surface area contributed by atoms with Crippen molar-refractivity contribution in [1.82, 2.24) is 14.6 Å². The predicted molar refractivity (Wildman–Crippen MR) is 93.1 cm³/mol. The number of carbonyl (C=O) groups excluding carboxylic acids is 1. The van der Waals surface area contributed by atoms with Crippen molar-refractivity contribution in [2.75, 3.05) is 5.32 Å². The number of hydrogen-bond donors (Lipinski definition) is 1. The maximum atomic E-state index is 12.3. The fourth-order valence-corrected chi connectivity index (χ4v) is 2.95. The van der Waals surface area contributed by atoms with Gasteiger partial charge >= 0.3 is 0 Å². The quantitative estimate of drug-likeness (QED) is 0.800. The van der Waals surface area contributed by atoms with Crippen LogP contribution in [0.15, 0.2) is 42.6 Å². The summed E-state index contributed by atoms with van der Waals surface area (Å²) >= 11 is 0. The molecule has 0 aliphatic heterocycles. The molecule has 122 valence electrons. The Morgan fingerprint density at radius 1 is 1.25 bits per heavy atom. The summed E-state index contributed by atoms with van der Waals surface area (Å²) in [7, 11) is 0. The van der Waals surface area contributed by atoms with Crippen LogP contribution in [-0.2, 0) is 11.2 Å². The standard InChI is InChI=1S/C19H20N4O/c1-13-7-9-14(10-8-13)12-17(24)20-16-6-3-11-23-19(16)21-18(22-23)15-4-2-5-15/h3,6-11,15H,2,4-5,12H2,1H3,(H,20,24). The summed E-state index contributed by atoms with van der Waals surface area (Å²) in [5.74, 6) is 1.32. The average Bonchev–Trinajstić information content (AvgIpc) is 2.92. The lowest BCUT2D eigenvalue weighted by molar-refractivity contribution is -0.115. The normalized spacial score (nSPS) is 14.5. The maximum absolute atomic E-state index is 12.3. The van der Waals surface area contributed by atoms with Crippen molar-refractivity contribution in [3.05, 3.63) is 59.5 Å². The van der Waals surface area contributed by atoms with Gasteiger partial charge in [0.15, 0.2) is 11.5 Å². The van der Waals surface area contributed by atoms with Crippen LogP contribution in [0, 0.1) is 6.92 Å². The predicted octanol–water partition coefficient (Wildman–Crippen LogP) is 3.49. The molecular weight excluding hydrogens is 300 g/mol. The monoisotopic (exact) mass is 320 g/mol. The largest absolute Gasteiger partial charge is 0.323 e. The van der Waals surface area contributed by atoms with Crippen molar-refractivity contribution >= 4 is 17.2 Å². The minimum absolute atomic E-state index is 0.0415. The number of carbonyl (C=O) groups is 1. The fraction of sp³-hybridized carbons (Fsp3) is 0.316. The lowest BCUT2D eigenvalue weighted by atomic mass is 9.85. The van der Waals surface area contributed by atoms with Crippen LogP contribution in [0.25, 0.3) is 5.65 Å². The summed E-state index contributed by atoms with van der Waals surface area (Å²) in [4.78, 5) is 17.0. The van der Waals surface area contributed by atoms with Crippen molar-refractivity contribution in [2.45, 2.75) is 38.5 Å². The van der Waals surface area contributed by atoms with Gasteiger partial charge in [0.05, 0.1) is 12.1 Å². The highest BCUT2D eigenvalue weighted by Crippen LogP contribution is 2.35. The molecule has 1 N–H and O–H groups in total. The third-order valence-corrected chi connectivity index (χ3v) is 4.61. The Morgan fingerprint density at radius 3 is 2.75 bits per heavy atom. The lowest BCUT2D eigenvalue weighted by Crippen LogP contribution is -2.15. The molecule has 5 heteroatoms. The van der Waals surface area contributed by atoms with Gasteiger partial charge in [-0.1, -0.05) is 36.2 Å². The van der Waals surface area contributed by atoms with E-state index >= 15 is 0 Å². The number of benzene rings is 1. The molecule has 4 rings (SSSR count). The molecule has 1 aliphatic carbocycles. The molecule has 1 amide bonds. The Hall–Kier alpha value is -2.69. The van der Waals surface area contributed by atoms with Gasteiger partial charge in [0.1, 0.15) is 0 Å². The third kappa shape index (κ3) is 2.89. The van der Waals surface area contributed by atoms with Crippen molar-refractivity contribution in [3.63, 3.8) is 0 Å². The van der Waals surface area contributed by atoms with E-state index in [0.29, 0.717) is 18.0 Å². The van der Waals surface area contributed by atoms with E-state index in [9.17, 15) is 4.79 Å². The number of hydrogen-bond acceptors (Lipinski definition) is 3. The fourth-order valence-electron chi connectivity index (χ4n) is 2.95. The molecule has 2 heterocycles. The van der Waals surface area contributed by atoms with Crippen LogP contribution in [0.5, 0.6) is 0 Å². The van der Waals surface area contributed by atoms with Gasteiger partial charge in [-0.25, -0.2) is 9.50 Å². The number of nitrogens with zero attached hydrogens (tertiary/aromatic N) is 3.